The van der Waals surface area contributed by atoms with Gasteiger partial charge in [-0.1, -0.05) is 32.0 Å². The number of carbonyl (C=O) groups is 2. The number of aryl methyl sites for hydroxylation is 1. The Hall–Kier alpha value is -3.10. The topological polar surface area (TPSA) is 83.1 Å². The average molecular weight is 422 g/mol. The van der Waals surface area contributed by atoms with Crippen molar-refractivity contribution in [2.24, 2.45) is 5.92 Å². The molecule has 3 N–H and O–H groups in total. The molecule has 0 aliphatic heterocycles. The lowest BCUT2D eigenvalue weighted by molar-refractivity contribution is -0.137. The first-order chi connectivity index (χ1) is 14.1. The van der Waals surface area contributed by atoms with Crippen LogP contribution in [0.5, 0.6) is 0 Å². The van der Waals surface area contributed by atoms with Gasteiger partial charge in [0.05, 0.1) is 5.56 Å². The summed E-state index contributed by atoms with van der Waals surface area (Å²) in [5.41, 5.74) is 0.489. The van der Waals surface area contributed by atoms with Gasteiger partial charge in [-0.3, -0.25) is 9.59 Å². The maximum absolute atomic E-state index is 12.5. The van der Waals surface area contributed by atoms with Crippen molar-refractivity contribution in [1.82, 2.24) is 15.6 Å². The van der Waals surface area contributed by atoms with Gasteiger partial charge in [-0.25, -0.2) is 4.98 Å². The highest BCUT2D eigenvalue weighted by atomic mass is 19.4. The molecule has 0 saturated heterocycles. The van der Waals surface area contributed by atoms with Crippen LogP contribution in [0.4, 0.5) is 19.0 Å². The Labute approximate surface area is 173 Å². The molecule has 30 heavy (non-hydrogen) atoms. The van der Waals surface area contributed by atoms with Crippen LogP contribution in [0, 0.1) is 12.8 Å². The molecule has 0 fully saturated rings. The fraction of sp³-hybridized carbons (Fsp3) is 0.381. The number of nitrogens with one attached hydrogen (secondary N) is 3. The highest BCUT2D eigenvalue weighted by Gasteiger charge is 2.30. The summed E-state index contributed by atoms with van der Waals surface area (Å²) in [4.78, 5) is 28.7. The van der Waals surface area contributed by atoms with Crippen molar-refractivity contribution in [3.63, 3.8) is 0 Å². The molecule has 9 heteroatoms. The lowest BCUT2D eigenvalue weighted by atomic mass is 10.0. The van der Waals surface area contributed by atoms with Gasteiger partial charge in [-0.2, -0.15) is 13.2 Å². The zero-order valence-electron chi connectivity index (χ0n) is 17.0. The van der Waals surface area contributed by atoms with Gasteiger partial charge in [0.1, 0.15) is 11.9 Å². The van der Waals surface area contributed by atoms with Crippen LogP contribution >= 0.6 is 0 Å². The van der Waals surface area contributed by atoms with Crippen LogP contribution in [0.2, 0.25) is 0 Å². The van der Waals surface area contributed by atoms with Crippen LogP contribution in [-0.2, 0) is 11.0 Å². The van der Waals surface area contributed by atoms with Gasteiger partial charge in [-0.15, -0.1) is 0 Å². The maximum atomic E-state index is 12.5. The highest BCUT2D eigenvalue weighted by Crippen LogP contribution is 2.28. The van der Waals surface area contributed by atoms with E-state index in [9.17, 15) is 22.8 Å². The van der Waals surface area contributed by atoms with Crippen LogP contribution in [-0.4, -0.2) is 35.9 Å². The van der Waals surface area contributed by atoms with Crippen molar-refractivity contribution in [3.8, 4) is 0 Å². The number of pyridine rings is 1. The zero-order chi connectivity index (χ0) is 22.3. The molecule has 0 saturated carbocycles. The van der Waals surface area contributed by atoms with E-state index < -0.39 is 17.8 Å². The van der Waals surface area contributed by atoms with Crippen molar-refractivity contribution >= 4 is 17.6 Å². The van der Waals surface area contributed by atoms with Crippen LogP contribution in [0.25, 0.3) is 0 Å². The molecule has 0 aliphatic rings. The highest BCUT2D eigenvalue weighted by molar-refractivity contribution is 5.98. The lowest BCUT2D eigenvalue weighted by Gasteiger charge is -2.22. The van der Waals surface area contributed by atoms with Crippen LogP contribution in [0.3, 0.4) is 0 Å². The van der Waals surface area contributed by atoms with Crippen LogP contribution in [0.1, 0.15) is 35.3 Å². The number of halogens is 3. The van der Waals surface area contributed by atoms with Gasteiger partial charge < -0.3 is 16.0 Å². The van der Waals surface area contributed by atoms with E-state index in [0.29, 0.717) is 5.56 Å². The van der Waals surface area contributed by atoms with Crippen molar-refractivity contribution in [2.75, 3.05) is 18.4 Å². The summed E-state index contributed by atoms with van der Waals surface area (Å²) in [6.45, 7) is 5.95. The molecule has 0 aliphatic carbocycles. The molecule has 6 nitrogen and oxygen atoms in total. The minimum atomic E-state index is -4.44. The van der Waals surface area contributed by atoms with Gasteiger partial charge in [0.15, 0.2) is 0 Å². The second kappa shape index (κ2) is 10.1. The van der Waals surface area contributed by atoms with E-state index in [-0.39, 0.29) is 36.6 Å². The first kappa shape index (κ1) is 23.2. The summed E-state index contributed by atoms with van der Waals surface area (Å²) >= 11 is 0. The molecular weight excluding hydrogens is 397 g/mol. The van der Waals surface area contributed by atoms with Gasteiger partial charge in [0.25, 0.3) is 5.91 Å². The van der Waals surface area contributed by atoms with E-state index in [4.69, 9.17) is 0 Å². The van der Waals surface area contributed by atoms with Gasteiger partial charge in [-0.05, 0) is 36.6 Å². The SMILES string of the molecule is Cc1ccccc1C(=O)NC(C(=O)NCCNc1ccc(C(F)(F)F)cn1)C(C)C. The number of hydrogen-bond donors (Lipinski definition) is 3. The summed E-state index contributed by atoms with van der Waals surface area (Å²) < 4.78 is 37.6. The number of nitrogens with zero attached hydrogens (tertiary/aromatic N) is 1. The molecule has 1 aromatic heterocycles. The van der Waals surface area contributed by atoms with Crippen molar-refractivity contribution in [2.45, 2.75) is 33.0 Å². The summed E-state index contributed by atoms with van der Waals surface area (Å²) in [6.07, 6.45) is -3.69. The van der Waals surface area contributed by atoms with Gasteiger partial charge >= 0.3 is 6.18 Å². The number of aromatic nitrogens is 1. The van der Waals surface area contributed by atoms with Gasteiger partial charge in [0, 0.05) is 24.8 Å². The van der Waals surface area contributed by atoms with E-state index >= 15 is 0 Å². The normalized spacial score (nSPS) is 12.4. The minimum Gasteiger partial charge on any atom is -0.368 e. The fourth-order valence-electron chi connectivity index (χ4n) is 2.73. The van der Waals surface area contributed by atoms with Crippen LogP contribution < -0.4 is 16.0 Å². The smallest absolute Gasteiger partial charge is 0.368 e. The molecule has 0 spiro atoms. The van der Waals surface area contributed by atoms with E-state index in [1.54, 1.807) is 12.1 Å². The third-order valence-electron chi connectivity index (χ3n) is 4.45. The molecule has 162 valence electrons. The molecule has 2 amide bonds. The predicted molar refractivity (Wildman–Crippen MR) is 108 cm³/mol. The molecular formula is C21H25F3N4O2. The average Bonchev–Trinajstić information content (AvgIpc) is 2.69. The summed E-state index contributed by atoms with van der Waals surface area (Å²) in [5.74, 6) is -0.531. The second-order valence-corrected chi connectivity index (χ2v) is 7.16. The largest absolute Gasteiger partial charge is 0.417 e. The van der Waals surface area contributed by atoms with Gasteiger partial charge in [0.2, 0.25) is 5.91 Å². The molecule has 0 radical (unpaired) electrons. The van der Waals surface area contributed by atoms with Crippen LogP contribution in [0.15, 0.2) is 42.6 Å². The van der Waals surface area contributed by atoms with E-state index in [1.165, 1.54) is 6.07 Å². The zero-order valence-corrected chi connectivity index (χ0v) is 17.0. The lowest BCUT2D eigenvalue weighted by Crippen LogP contribution is -2.50. The maximum Gasteiger partial charge on any atom is 0.417 e. The number of hydrogen-bond acceptors (Lipinski definition) is 4. The number of amides is 2. The molecule has 1 atom stereocenters. The quantitative estimate of drug-likeness (QED) is 0.570. The Balaban J connectivity index is 1.85. The Bertz CT molecular complexity index is 867. The minimum absolute atomic E-state index is 0.137. The predicted octanol–water partition coefficient (Wildman–Crippen LogP) is 3.39. The fourth-order valence-corrected chi connectivity index (χ4v) is 2.73. The standard InChI is InChI=1S/C21H25F3N4O2/c1-13(2)18(28-19(29)16-7-5-4-6-14(16)3)20(30)26-11-10-25-17-9-8-15(12-27-17)21(22,23)24/h4-9,12-13,18H,10-11H2,1-3H3,(H,25,27)(H,26,30)(H,28,29). The second-order valence-electron chi connectivity index (χ2n) is 7.16. The van der Waals surface area contributed by atoms with E-state index in [0.717, 1.165) is 17.8 Å². The Morgan fingerprint density at radius 3 is 2.33 bits per heavy atom. The van der Waals surface area contributed by atoms with E-state index in [1.807, 2.05) is 32.9 Å². The molecule has 2 aromatic rings. The summed E-state index contributed by atoms with van der Waals surface area (Å²) in [5, 5.41) is 8.32. The van der Waals surface area contributed by atoms with E-state index in [2.05, 4.69) is 20.9 Å². The van der Waals surface area contributed by atoms with Crippen molar-refractivity contribution in [1.29, 1.82) is 0 Å². The molecule has 2 rings (SSSR count). The molecule has 1 aromatic carbocycles. The third kappa shape index (κ3) is 6.47. The molecule has 1 heterocycles. The summed E-state index contributed by atoms with van der Waals surface area (Å²) in [7, 11) is 0. The summed E-state index contributed by atoms with van der Waals surface area (Å²) in [6, 6.07) is 8.54. The number of carbonyl (C=O) groups excluding carboxylic acids is 2. The monoisotopic (exact) mass is 422 g/mol. The number of anilines is 1. The number of benzene rings is 1. The van der Waals surface area contributed by atoms with Crippen molar-refractivity contribution < 1.29 is 22.8 Å². The Morgan fingerprint density at radius 1 is 1.07 bits per heavy atom. The number of alkyl halides is 3. The molecule has 0 bridgehead atoms. The first-order valence-electron chi connectivity index (χ1n) is 9.51. The Morgan fingerprint density at radius 2 is 1.77 bits per heavy atom. The Kier molecular flexibility index (Phi) is 7.79. The third-order valence-corrected chi connectivity index (χ3v) is 4.45. The van der Waals surface area contributed by atoms with Crippen molar-refractivity contribution in [3.05, 3.63) is 59.3 Å². The first-order valence-corrected chi connectivity index (χ1v) is 9.51. The number of rotatable bonds is 8. The molecule has 1 unspecified atom stereocenters.